The average Bonchev–Trinajstić information content (AvgIpc) is 3.72. The van der Waals surface area contributed by atoms with E-state index in [2.05, 4.69) is 48.6 Å². The van der Waals surface area contributed by atoms with Gasteiger partial charge in [0.15, 0.2) is 9.84 Å². The van der Waals surface area contributed by atoms with E-state index in [1.807, 2.05) is 19.1 Å². The minimum absolute atomic E-state index is 0.0754. The van der Waals surface area contributed by atoms with Crippen LogP contribution >= 0.6 is 0 Å². The van der Waals surface area contributed by atoms with Crippen LogP contribution < -0.4 is 14.8 Å². The van der Waals surface area contributed by atoms with Crippen molar-refractivity contribution in [3.8, 4) is 22.6 Å². The quantitative estimate of drug-likeness (QED) is 0.384. The highest BCUT2D eigenvalue weighted by molar-refractivity contribution is 7.91. The van der Waals surface area contributed by atoms with Crippen LogP contribution in [0.3, 0.4) is 0 Å². The summed E-state index contributed by atoms with van der Waals surface area (Å²) < 4.78 is 36.0. The number of ether oxygens (including phenoxy) is 2. The van der Waals surface area contributed by atoms with Crippen molar-refractivity contribution in [2.45, 2.75) is 58.1 Å². The summed E-state index contributed by atoms with van der Waals surface area (Å²) in [6.07, 6.45) is 2.48. The zero-order valence-electron chi connectivity index (χ0n) is 22.9. The van der Waals surface area contributed by atoms with Gasteiger partial charge in [0.05, 0.1) is 24.0 Å². The Labute approximate surface area is 235 Å². The van der Waals surface area contributed by atoms with Gasteiger partial charge in [-0.1, -0.05) is 12.1 Å². The van der Waals surface area contributed by atoms with Gasteiger partial charge in [0.25, 0.3) is 0 Å². The molecule has 2 atom stereocenters. The number of carboxylic acid groups (broad SMARTS) is 1. The number of carbonyl (C=O) groups is 1. The number of aliphatic carboxylic acids is 1. The first-order valence-electron chi connectivity index (χ1n) is 14.0. The summed E-state index contributed by atoms with van der Waals surface area (Å²) in [5.74, 6) is 1.21. The molecule has 3 aromatic rings. The maximum atomic E-state index is 11.8. The second kappa shape index (κ2) is 10.5. The summed E-state index contributed by atoms with van der Waals surface area (Å²) in [7, 11) is -2.93. The maximum absolute atomic E-state index is 11.8. The zero-order valence-corrected chi connectivity index (χ0v) is 23.7. The van der Waals surface area contributed by atoms with E-state index in [-0.39, 0.29) is 29.4 Å². The largest absolute Gasteiger partial charge is 0.493 e. The zero-order chi connectivity index (χ0) is 28.0. The standard InChI is InChI=1S/C32H35NO6S/c1-19-13-23(4-5-26(19)27-17-28(27)32(34)35)33-18-21-3-6-30-29(15-21)31-20(2)14-25(16-22(31)7-10-38-30)39-24-8-11-40(36,37)12-9-24/h3-6,13-16,24,27-28,33H,7-12,17-18H2,1-2H3,(H,34,35)/t27-,28+/m1/s1. The molecule has 1 saturated carbocycles. The van der Waals surface area contributed by atoms with Gasteiger partial charge in [0, 0.05) is 24.2 Å². The maximum Gasteiger partial charge on any atom is 0.307 e. The SMILES string of the molecule is Cc1cc(NCc2ccc3c(c2)-c2c(C)cc(OC4CCS(=O)(=O)CC4)cc2CCO3)ccc1[C@H]1C[C@@H]1C(=O)O. The summed E-state index contributed by atoms with van der Waals surface area (Å²) in [4.78, 5) is 11.3. The molecule has 0 radical (unpaired) electrons. The lowest BCUT2D eigenvalue weighted by molar-refractivity contribution is -0.138. The topological polar surface area (TPSA) is 102 Å². The number of hydrogen-bond acceptors (Lipinski definition) is 6. The minimum Gasteiger partial charge on any atom is -0.493 e. The lowest BCUT2D eigenvalue weighted by Gasteiger charge is -2.24. The van der Waals surface area contributed by atoms with E-state index in [4.69, 9.17) is 9.47 Å². The van der Waals surface area contributed by atoms with E-state index >= 15 is 0 Å². The highest BCUT2D eigenvalue weighted by Gasteiger charge is 2.44. The van der Waals surface area contributed by atoms with Gasteiger partial charge in [-0.3, -0.25) is 4.79 Å². The number of fused-ring (bicyclic) bond motifs is 3. The summed E-state index contributed by atoms with van der Waals surface area (Å²) in [5, 5.41) is 12.8. The molecule has 7 nitrogen and oxygen atoms in total. The Morgan fingerprint density at radius 1 is 1.05 bits per heavy atom. The molecule has 3 aliphatic rings. The highest BCUT2D eigenvalue weighted by Crippen LogP contribution is 2.49. The van der Waals surface area contributed by atoms with Crippen LogP contribution in [-0.4, -0.2) is 43.7 Å². The van der Waals surface area contributed by atoms with Crippen molar-refractivity contribution in [1.29, 1.82) is 0 Å². The van der Waals surface area contributed by atoms with Crippen LogP contribution in [-0.2, 0) is 27.6 Å². The van der Waals surface area contributed by atoms with E-state index in [1.165, 1.54) is 11.1 Å². The fourth-order valence-electron chi connectivity index (χ4n) is 6.15. The minimum atomic E-state index is -2.93. The van der Waals surface area contributed by atoms with Crippen LogP contribution in [0.15, 0.2) is 48.5 Å². The summed E-state index contributed by atoms with van der Waals surface area (Å²) in [6, 6.07) is 16.7. The Hall–Kier alpha value is -3.52. The Kier molecular flexibility index (Phi) is 6.98. The lowest BCUT2D eigenvalue weighted by Crippen LogP contribution is -2.30. The molecule has 2 aliphatic heterocycles. The number of benzene rings is 3. The van der Waals surface area contributed by atoms with Crippen molar-refractivity contribution in [2.75, 3.05) is 23.4 Å². The number of rotatable bonds is 7. The van der Waals surface area contributed by atoms with Crippen molar-refractivity contribution >= 4 is 21.5 Å². The average molecular weight is 562 g/mol. The third-order valence-electron chi connectivity index (χ3n) is 8.41. The molecule has 8 heteroatoms. The van der Waals surface area contributed by atoms with Crippen molar-refractivity contribution < 1.29 is 27.8 Å². The molecular weight excluding hydrogens is 526 g/mol. The fourth-order valence-corrected chi connectivity index (χ4v) is 7.60. The molecule has 210 valence electrons. The number of nitrogens with one attached hydrogen (secondary N) is 1. The summed E-state index contributed by atoms with van der Waals surface area (Å²) in [6.45, 7) is 5.37. The first-order chi connectivity index (χ1) is 19.2. The second-order valence-electron chi connectivity index (χ2n) is 11.4. The monoisotopic (exact) mass is 561 g/mol. The molecule has 2 N–H and O–H groups in total. The van der Waals surface area contributed by atoms with Crippen molar-refractivity contribution in [3.63, 3.8) is 0 Å². The third-order valence-corrected chi connectivity index (χ3v) is 10.1. The van der Waals surface area contributed by atoms with Gasteiger partial charge in [-0.15, -0.1) is 0 Å². The van der Waals surface area contributed by atoms with Crippen LogP contribution in [0.25, 0.3) is 11.1 Å². The molecule has 0 amide bonds. The Balaban J connectivity index is 1.19. The molecule has 40 heavy (non-hydrogen) atoms. The Bertz CT molecular complexity index is 1570. The fraction of sp³-hybridized carbons (Fsp3) is 0.406. The molecule has 0 aromatic heterocycles. The predicted octanol–water partition coefficient (Wildman–Crippen LogP) is 5.66. The predicted molar refractivity (Wildman–Crippen MR) is 155 cm³/mol. The van der Waals surface area contributed by atoms with Crippen LogP contribution in [0, 0.1) is 19.8 Å². The summed E-state index contributed by atoms with van der Waals surface area (Å²) >= 11 is 0. The van der Waals surface area contributed by atoms with Gasteiger partial charge < -0.3 is 19.9 Å². The van der Waals surface area contributed by atoms with E-state index < -0.39 is 15.8 Å². The Morgan fingerprint density at radius 3 is 2.58 bits per heavy atom. The lowest BCUT2D eigenvalue weighted by atomic mass is 9.92. The number of sulfone groups is 1. The van der Waals surface area contributed by atoms with Gasteiger partial charge in [-0.25, -0.2) is 8.42 Å². The molecule has 0 bridgehead atoms. The van der Waals surface area contributed by atoms with Gasteiger partial charge in [0.1, 0.15) is 17.6 Å². The van der Waals surface area contributed by atoms with Crippen molar-refractivity contribution in [3.05, 3.63) is 76.3 Å². The van der Waals surface area contributed by atoms with Crippen LogP contribution in [0.5, 0.6) is 11.5 Å². The third kappa shape index (κ3) is 5.55. The molecule has 6 rings (SSSR count). The molecule has 3 aromatic carbocycles. The van der Waals surface area contributed by atoms with E-state index in [9.17, 15) is 18.3 Å². The Morgan fingerprint density at radius 2 is 1.85 bits per heavy atom. The van der Waals surface area contributed by atoms with Crippen molar-refractivity contribution in [2.24, 2.45) is 5.92 Å². The van der Waals surface area contributed by atoms with E-state index in [1.54, 1.807) is 0 Å². The van der Waals surface area contributed by atoms with Gasteiger partial charge in [-0.2, -0.15) is 0 Å². The molecular formula is C32H35NO6S. The normalized spacial score (nSPS) is 21.4. The van der Waals surface area contributed by atoms with E-state index in [0.29, 0.717) is 26.0 Å². The van der Waals surface area contributed by atoms with Crippen LogP contribution in [0.4, 0.5) is 5.69 Å². The molecule has 2 fully saturated rings. The van der Waals surface area contributed by atoms with Gasteiger partial charge in [-0.05, 0) is 109 Å². The molecule has 0 spiro atoms. The molecule has 2 heterocycles. The van der Waals surface area contributed by atoms with Crippen molar-refractivity contribution in [1.82, 2.24) is 0 Å². The smallest absolute Gasteiger partial charge is 0.307 e. The molecule has 0 unspecified atom stereocenters. The number of aryl methyl sites for hydroxylation is 2. The van der Waals surface area contributed by atoms with Crippen LogP contribution in [0.2, 0.25) is 0 Å². The molecule has 1 saturated heterocycles. The van der Waals surface area contributed by atoms with Crippen LogP contribution in [0.1, 0.15) is 53.0 Å². The number of anilines is 1. The number of carboxylic acids is 1. The highest BCUT2D eigenvalue weighted by atomic mass is 32.2. The van der Waals surface area contributed by atoms with Gasteiger partial charge in [0.2, 0.25) is 0 Å². The number of hydrogen-bond donors (Lipinski definition) is 2. The molecule has 1 aliphatic carbocycles. The van der Waals surface area contributed by atoms with E-state index in [0.717, 1.165) is 57.8 Å². The first-order valence-corrected chi connectivity index (χ1v) is 15.8. The summed E-state index contributed by atoms with van der Waals surface area (Å²) in [5.41, 5.74) is 8.91. The van der Waals surface area contributed by atoms with Gasteiger partial charge >= 0.3 is 5.97 Å². The first kappa shape index (κ1) is 26.7. The second-order valence-corrected chi connectivity index (χ2v) is 13.7.